The maximum absolute atomic E-state index is 2.54. The van der Waals surface area contributed by atoms with Gasteiger partial charge in [-0.25, -0.2) is 0 Å². The zero-order valence-corrected chi connectivity index (χ0v) is 13.1. The molecule has 1 fully saturated rings. The molecule has 0 N–H and O–H groups in total. The third-order valence-electron chi connectivity index (χ3n) is 4.77. The minimum Gasteiger partial charge on any atom is -0.306 e. The van der Waals surface area contributed by atoms with E-state index in [2.05, 4.69) is 53.5 Å². The van der Waals surface area contributed by atoms with Crippen molar-refractivity contribution in [2.75, 3.05) is 20.1 Å². The lowest BCUT2D eigenvalue weighted by atomic mass is 9.72. The summed E-state index contributed by atoms with van der Waals surface area (Å²) in [7, 11) is 2.29. The zero-order valence-electron chi connectivity index (χ0n) is 13.1. The third kappa shape index (κ3) is 4.62. The van der Waals surface area contributed by atoms with Gasteiger partial charge in [0.05, 0.1) is 0 Å². The maximum atomic E-state index is 2.54. The van der Waals surface area contributed by atoms with E-state index in [1.54, 1.807) is 0 Å². The van der Waals surface area contributed by atoms with E-state index in [0.717, 1.165) is 23.7 Å². The van der Waals surface area contributed by atoms with Crippen LogP contribution in [0.15, 0.2) is 0 Å². The van der Waals surface area contributed by atoms with Crippen LogP contribution < -0.4 is 0 Å². The summed E-state index contributed by atoms with van der Waals surface area (Å²) < 4.78 is 0. The van der Waals surface area contributed by atoms with Gasteiger partial charge in [0.25, 0.3) is 0 Å². The van der Waals surface area contributed by atoms with Gasteiger partial charge in [-0.1, -0.05) is 41.5 Å². The van der Waals surface area contributed by atoms with Gasteiger partial charge in [0.15, 0.2) is 0 Å². The summed E-state index contributed by atoms with van der Waals surface area (Å²) in [6, 6.07) is 0. The normalized spacial score (nSPS) is 41.1. The van der Waals surface area contributed by atoms with Crippen molar-refractivity contribution in [1.29, 1.82) is 0 Å². The number of hydrogen-bond donors (Lipinski definition) is 0. The quantitative estimate of drug-likeness (QED) is 0.610. The second-order valence-electron chi connectivity index (χ2n) is 7.72. The molecular formula is C16H33N. The predicted octanol–water partition coefficient (Wildman–Crippen LogP) is 4.28. The topological polar surface area (TPSA) is 3.24 Å². The van der Waals surface area contributed by atoms with Crippen LogP contribution in [0, 0.1) is 29.1 Å². The molecule has 4 unspecified atom stereocenters. The fourth-order valence-corrected chi connectivity index (χ4v) is 3.93. The van der Waals surface area contributed by atoms with Gasteiger partial charge in [-0.05, 0) is 49.0 Å². The van der Waals surface area contributed by atoms with Crippen LogP contribution in [-0.4, -0.2) is 25.0 Å². The standard InChI is InChI=1S/C16H33N/c1-12-8-13(2)15(4)14(3)9-16(5,6)11-17(7)10-12/h12-15H,8-11H2,1-7H3. The molecule has 1 aliphatic heterocycles. The summed E-state index contributed by atoms with van der Waals surface area (Å²) in [6.45, 7) is 17.1. The van der Waals surface area contributed by atoms with E-state index in [9.17, 15) is 0 Å². The van der Waals surface area contributed by atoms with Gasteiger partial charge >= 0.3 is 0 Å². The van der Waals surface area contributed by atoms with Gasteiger partial charge in [-0.2, -0.15) is 0 Å². The molecule has 1 heteroatoms. The largest absolute Gasteiger partial charge is 0.306 e. The van der Waals surface area contributed by atoms with Gasteiger partial charge in [-0.15, -0.1) is 0 Å². The smallest absolute Gasteiger partial charge is 0.00298 e. The molecule has 1 rings (SSSR count). The van der Waals surface area contributed by atoms with Crippen molar-refractivity contribution < 1.29 is 0 Å². The Morgan fingerprint density at radius 3 is 2.18 bits per heavy atom. The molecule has 0 spiro atoms. The summed E-state index contributed by atoms with van der Waals surface area (Å²) in [4.78, 5) is 2.54. The average molecular weight is 239 g/mol. The van der Waals surface area contributed by atoms with E-state index in [-0.39, 0.29) is 0 Å². The van der Waals surface area contributed by atoms with Crippen molar-refractivity contribution in [3.05, 3.63) is 0 Å². The Labute approximate surface area is 109 Å². The second-order valence-corrected chi connectivity index (χ2v) is 7.72. The summed E-state index contributed by atoms with van der Waals surface area (Å²) in [5.41, 5.74) is 0.458. The van der Waals surface area contributed by atoms with Gasteiger partial charge in [0.1, 0.15) is 0 Å². The molecule has 0 amide bonds. The summed E-state index contributed by atoms with van der Waals surface area (Å²) in [5, 5.41) is 0. The summed E-state index contributed by atoms with van der Waals surface area (Å²) in [5.74, 6) is 3.40. The molecule has 0 radical (unpaired) electrons. The fraction of sp³-hybridized carbons (Fsp3) is 1.00. The Morgan fingerprint density at radius 1 is 1.00 bits per heavy atom. The third-order valence-corrected chi connectivity index (χ3v) is 4.77. The highest BCUT2D eigenvalue weighted by molar-refractivity contribution is 4.81. The first-order chi connectivity index (χ1) is 7.71. The Hall–Kier alpha value is -0.0400. The van der Waals surface area contributed by atoms with Crippen LogP contribution in [-0.2, 0) is 0 Å². The lowest BCUT2D eigenvalue weighted by Gasteiger charge is -2.39. The second kappa shape index (κ2) is 5.73. The Morgan fingerprint density at radius 2 is 1.59 bits per heavy atom. The van der Waals surface area contributed by atoms with E-state index < -0.39 is 0 Å². The molecule has 4 atom stereocenters. The monoisotopic (exact) mass is 239 g/mol. The molecule has 1 saturated heterocycles. The molecule has 1 heterocycles. The Bertz CT molecular complexity index is 234. The van der Waals surface area contributed by atoms with E-state index in [1.807, 2.05) is 0 Å². The highest BCUT2D eigenvalue weighted by atomic mass is 15.1. The van der Waals surface area contributed by atoms with E-state index in [1.165, 1.54) is 25.9 Å². The van der Waals surface area contributed by atoms with Crippen LogP contribution in [0.5, 0.6) is 0 Å². The predicted molar refractivity (Wildman–Crippen MR) is 77.2 cm³/mol. The van der Waals surface area contributed by atoms with Crippen LogP contribution in [0.2, 0.25) is 0 Å². The molecule has 102 valence electrons. The maximum Gasteiger partial charge on any atom is 0.00298 e. The van der Waals surface area contributed by atoms with Crippen LogP contribution in [0.3, 0.4) is 0 Å². The average Bonchev–Trinajstić information content (AvgIpc) is 2.12. The molecule has 1 nitrogen and oxygen atoms in total. The first kappa shape index (κ1) is 15.0. The molecule has 1 aliphatic rings. The number of nitrogens with zero attached hydrogens (tertiary/aromatic N) is 1. The molecule has 0 aliphatic carbocycles. The van der Waals surface area contributed by atoms with Crippen LogP contribution >= 0.6 is 0 Å². The first-order valence-corrected chi connectivity index (χ1v) is 7.40. The van der Waals surface area contributed by atoms with Crippen molar-refractivity contribution in [2.45, 2.75) is 54.4 Å². The van der Waals surface area contributed by atoms with E-state index in [4.69, 9.17) is 0 Å². The zero-order chi connectivity index (χ0) is 13.2. The number of hydrogen-bond acceptors (Lipinski definition) is 1. The fourth-order valence-electron chi connectivity index (χ4n) is 3.93. The van der Waals surface area contributed by atoms with Gasteiger partial charge < -0.3 is 4.90 Å². The molecule has 0 bridgehead atoms. The number of rotatable bonds is 0. The molecule has 17 heavy (non-hydrogen) atoms. The lowest BCUT2D eigenvalue weighted by molar-refractivity contribution is 0.105. The Balaban J connectivity index is 2.79. The molecule has 0 aromatic heterocycles. The summed E-state index contributed by atoms with van der Waals surface area (Å²) >= 11 is 0. The van der Waals surface area contributed by atoms with Crippen LogP contribution in [0.1, 0.15) is 54.4 Å². The van der Waals surface area contributed by atoms with Crippen LogP contribution in [0.4, 0.5) is 0 Å². The van der Waals surface area contributed by atoms with Crippen molar-refractivity contribution in [2.24, 2.45) is 29.1 Å². The van der Waals surface area contributed by atoms with Crippen molar-refractivity contribution in [3.8, 4) is 0 Å². The first-order valence-electron chi connectivity index (χ1n) is 7.40. The van der Waals surface area contributed by atoms with Gasteiger partial charge in [-0.3, -0.25) is 0 Å². The van der Waals surface area contributed by atoms with Gasteiger partial charge in [0.2, 0.25) is 0 Å². The van der Waals surface area contributed by atoms with Crippen molar-refractivity contribution in [3.63, 3.8) is 0 Å². The van der Waals surface area contributed by atoms with Gasteiger partial charge in [0, 0.05) is 13.1 Å². The summed E-state index contributed by atoms with van der Waals surface area (Å²) in [6.07, 6.45) is 2.74. The highest BCUT2D eigenvalue weighted by Crippen LogP contribution is 2.36. The SMILES string of the molecule is CC1CC(C)C(C)C(C)CC(C)(C)CN(C)C1. The lowest BCUT2D eigenvalue weighted by Crippen LogP contribution is -2.38. The van der Waals surface area contributed by atoms with Crippen molar-refractivity contribution in [1.82, 2.24) is 4.90 Å². The minimum absolute atomic E-state index is 0.458. The molecule has 0 aromatic rings. The Kier molecular flexibility index (Phi) is 5.07. The van der Waals surface area contributed by atoms with Crippen molar-refractivity contribution >= 4 is 0 Å². The van der Waals surface area contributed by atoms with Crippen LogP contribution in [0.25, 0.3) is 0 Å². The molecular weight excluding hydrogens is 206 g/mol. The minimum atomic E-state index is 0.458. The highest BCUT2D eigenvalue weighted by Gasteiger charge is 2.30. The van der Waals surface area contributed by atoms with E-state index >= 15 is 0 Å². The van der Waals surface area contributed by atoms with E-state index in [0.29, 0.717) is 5.41 Å². The molecule has 0 aromatic carbocycles. The molecule has 0 saturated carbocycles.